The van der Waals surface area contributed by atoms with Crippen molar-refractivity contribution in [3.63, 3.8) is 0 Å². The summed E-state index contributed by atoms with van der Waals surface area (Å²) in [7, 11) is -1.75. The molecule has 0 fully saturated rings. The van der Waals surface area contributed by atoms with E-state index >= 15 is 0 Å². The van der Waals surface area contributed by atoms with Gasteiger partial charge in [-0.2, -0.15) is 0 Å². The minimum Gasteiger partial charge on any atom is -0.416 e. The Morgan fingerprint density at radius 1 is 0.692 bits per heavy atom. The standard InChI is InChI=1S/C23H50O2Si/c1-11-12-20(8)14-23(24)15-21(9)13-22(10)16-25-26(17(2)3,18(4)5)19(6)7/h17-24H,11-16H2,1-10H3/t20-,21-,22+,23-/m0/s1. The topological polar surface area (TPSA) is 29.5 Å². The molecule has 0 spiro atoms. The summed E-state index contributed by atoms with van der Waals surface area (Å²) in [5.41, 5.74) is 1.94. The molecule has 0 radical (unpaired) electrons. The van der Waals surface area contributed by atoms with E-state index in [0.29, 0.717) is 34.4 Å². The van der Waals surface area contributed by atoms with Crippen molar-refractivity contribution in [3.8, 4) is 0 Å². The fourth-order valence-electron chi connectivity index (χ4n) is 5.27. The Bertz CT molecular complexity index is 332. The molecule has 0 saturated heterocycles. The molecule has 158 valence electrons. The summed E-state index contributed by atoms with van der Waals surface area (Å²) >= 11 is 0. The molecule has 0 unspecified atom stereocenters. The van der Waals surface area contributed by atoms with Crippen LogP contribution in [0.1, 0.15) is 101 Å². The van der Waals surface area contributed by atoms with Gasteiger partial charge < -0.3 is 9.53 Å². The van der Waals surface area contributed by atoms with Crippen molar-refractivity contribution >= 4 is 8.32 Å². The molecule has 1 N–H and O–H groups in total. The zero-order valence-electron chi connectivity index (χ0n) is 19.6. The van der Waals surface area contributed by atoms with Crippen molar-refractivity contribution in [1.29, 1.82) is 0 Å². The number of aliphatic hydroxyl groups excluding tert-OH is 1. The molecule has 0 bridgehead atoms. The second kappa shape index (κ2) is 12.6. The zero-order chi connectivity index (χ0) is 20.5. The largest absolute Gasteiger partial charge is 0.416 e. The third-order valence-corrected chi connectivity index (χ3v) is 12.3. The molecule has 0 aliphatic rings. The van der Waals surface area contributed by atoms with Crippen LogP contribution in [0.4, 0.5) is 0 Å². The lowest BCUT2D eigenvalue weighted by molar-refractivity contribution is 0.109. The average molecular weight is 387 g/mol. The fourth-order valence-corrected chi connectivity index (χ4v) is 10.8. The number of aliphatic hydroxyl groups is 1. The lowest BCUT2D eigenvalue weighted by Gasteiger charge is -2.43. The predicted octanol–water partition coefficient (Wildman–Crippen LogP) is 7.42. The highest BCUT2D eigenvalue weighted by Gasteiger charge is 2.45. The third kappa shape index (κ3) is 8.44. The summed E-state index contributed by atoms with van der Waals surface area (Å²) in [6.45, 7) is 24.1. The maximum Gasteiger partial charge on any atom is 0.200 e. The van der Waals surface area contributed by atoms with Gasteiger partial charge in [0.15, 0.2) is 8.32 Å². The van der Waals surface area contributed by atoms with Crippen molar-refractivity contribution in [3.05, 3.63) is 0 Å². The first-order chi connectivity index (χ1) is 12.0. The smallest absolute Gasteiger partial charge is 0.200 e. The quantitative estimate of drug-likeness (QED) is 0.315. The van der Waals surface area contributed by atoms with Crippen LogP contribution in [0, 0.1) is 17.8 Å². The van der Waals surface area contributed by atoms with Crippen LogP contribution in [-0.4, -0.2) is 26.1 Å². The second-order valence-electron chi connectivity index (χ2n) is 10.1. The molecule has 0 aromatic heterocycles. The van der Waals surface area contributed by atoms with E-state index in [-0.39, 0.29) is 6.10 Å². The van der Waals surface area contributed by atoms with E-state index in [0.717, 1.165) is 25.9 Å². The molecule has 4 atom stereocenters. The molecule has 2 nitrogen and oxygen atoms in total. The average Bonchev–Trinajstić information content (AvgIpc) is 2.45. The van der Waals surface area contributed by atoms with Crippen LogP contribution >= 0.6 is 0 Å². The van der Waals surface area contributed by atoms with Gasteiger partial charge in [-0.15, -0.1) is 0 Å². The molecular weight excluding hydrogens is 336 g/mol. The molecule has 0 rings (SSSR count). The first kappa shape index (κ1) is 26.1. The fraction of sp³-hybridized carbons (Fsp3) is 1.00. The molecule has 3 heteroatoms. The van der Waals surface area contributed by atoms with E-state index in [1.165, 1.54) is 12.8 Å². The van der Waals surface area contributed by atoms with Crippen LogP contribution in [-0.2, 0) is 4.43 Å². The minimum atomic E-state index is -1.75. The summed E-state index contributed by atoms with van der Waals surface area (Å²) in [6, 6.07) is 0. The summed E-state index contributed by atoms with van der Waals surface area (Å²) in [5.74, 6) is 1.76. The van der Waals surface area contributed by atoms with Crippen LogP contribution in [0.25, 0.3) is 0 Å². The van der Waals surface area contributed by atoms with E-state index in [9.17, 15) is 5.11 Å². The number of rotatable bonds is 14. The van der Waals surface area contributed by atoms with Gasteiger partial charge in [0.05, 0.1) is 6.10 Å². The summed E-state index contributed by atoms with van der Waals surface area (Å²) < 4.78 is 6.75. The van der Waals surface area contributed by atoms with Crippen LogP contribution < -0.4 is 0 Å². The van der Waals surface area contributed by atoms with E-state index in [1.54, 1.807) is 0 Å². The molecule has 0 aromatic rings. The Morgan fingerprint density at radius 2 is 1.15 bits per heavy atom. The van der Waals surface area contributed by atoms with Gasteiger partial charge in [-0.25, -0.2) is 0 Å². The van der Waals surface area contributed by atoms with Crippen LogP contribution in [0.3, 0.4) is 0 Å². The maximum atomic E-state index is 10.4. The van der Waals surface area contributed by atoms with Gasteiger partial charge >= 0.3 is 0 Å². The molecule has 0 aliphatic carbocycles. The predicted molar refractivity (Wildman–Crippen MR) is 119 cm³/mol. The zero-order valence-corrected chi connectivity index (χ0v) is 20.6. The van der Waals surface area contributed by atoms with Crippen molar-refractivity contribution in [2.24, 2.45) is 17.8 Å². The summed E-state index contributed by atoms with van der Waals surface area (Å²) in [6.07, 6.45) is 5.33. The van der Waals surface area contributed by atoms with Crippen molar-refractivity contribution in [2.45, 2.75) is 124 Å². The molecule has 0 amide bonds. The van der Waals surface area contributed by atoms with Crippen molar-refractivity contribution < 1.29 is 9.53 Å². The number of hydrogen-bond acceptors (Lipinski definition) is 2. The van der Waals surface area contributed by atoms with Crippen molar-refractivity contribution in [2.75, 3.05) is 6.61 Å². The van der Waals surface area contributed by atoms with Gasteiger partial charge in [0.2, 0.25) is 0 Å². The lowest BCUT2D eigenvalue weighted by atomic mass is 9.89. The van der Waals surface area contributed by atoms with Crippen molar-refractivity contribution in [1.82, 2.24) is 0 Å². The molecular formula is C23H50O2Si. The monoisotopic (exact) mass is 386 g/mol. The van der Waals surface area contributed by atoms with Gasteiger partial charge in [0.1, 0.15) is 0 Å². The molecule has 0 aromatic carbocycles. The minimum absolute atomic E-state index is 0.143. The first-order valence-corrected chi connectivity index (χ1v) is 13.4. The molecule has 0 saturated carbocycles. The highest BCUT2D eigenvalue weighted by molar-refractivity contribution is 6.77. The summed E-state index contributed by atoms with van der Waals surface area (Å²) in [5, 5.41) is 10.4. The first-order valence-electron chi connectivity index (χ1n) is 11.3. The molecule has 0 heterocycles. The Hall–Kier alpha value is 0.137. The molecule has 0 aliphatic heterocycles. The Balaban J connectivity index is 4.52. The van der Waals surface area contributed by atoms with E-state index in [1.807, 2.05) is 0 Å². The van der Waals surface area contributed by atoms with Gasteiger partial charge in [-0.05, 0) is 53.6 Å². The highest BCUT2D eigenvalue weighted by atomic mass is 28.4. The summed E-state index contributed by atoms with van der Waals surface area (Å²) in [4.78, 5) is 0. The SMILES string of the molecule is CCC[C@H](C)C[C@H](O)C[C@@H](C)C[C@@H](C)CO[Si](C(C)C)(C(C)C)C(C)C. The van der Waals surface area contributed by atoms with Gasteiger partial charge in [0, 0.05) is 6.61 Å². The van der Waals surface area contributed by atoms with Gasteiger partial charge in [0.25, 0.3) is 0 Å². The maximum absolute atomic E-state index is 10.4. The Morgan fingerprint density at radius 3 is 1.58 bits per heavy atom. The second-order valence-corrected chi connectivity index (χ2v) is 15.6. The Labute approximate surface area is 166 Å². The Kier molecular flexibility index (Phi) is 12.6. The van der Waals surface area contributed by atoms with Gasteiger partial charge in [-0.1, -0.05) is 82.1 Å². The van der Waals surface area contributed by atoms with E-state index in [2.05, 4.69) is 69.2 Å². The number of hydrogen-bond donors (Lipinski definition) is 1. The van der Waals surface area contributed by atoms with Crippen LogP contribution in [0.5, 0.6) is 0 Å². The van der Waals surface area contributed by atoms with E-state index in [4.69, 9.17) is 4.43 Å². The molecule has 26 heavy (non-hydrogen) atoms. The van der Waals surface area contributed by atoms with Crippen LogP contribution in [0.15, 0.2) is 0 Å². The van der Waals surface area contributed by atoms with Gasteiger partial charge in [-0.3, -0.25) is 0 Å². The highest BCUT2D eigenvalue weighted by Crippen LogP contribution is 2.42. The normalized spacial score (nSPS) is 17.8. The van der Waals surface area contributed by atoms with E-state index < -0.39 is 8.32 Å². The van der Waals surface area contributed by atoms with Crippen LogP contribution in [0.2, 0.25) is 16.6 Å². The third-order valence-electron chi connectivity index (χ3n) is 6.26. The lowest BCUT2D eigenvalue weighted by Crippen LogP contribution is -2.48.